The van der Waals surface area contributed by atoms with Crippen molar-refractivity contribution in [3.63, 3.8) is 0 Å². The van der Waals surface area contributed by atoms with Crippen LogP contribution in [0, 0.1) is 30.1 Å². The number of hydrogen-bond donors (Lipinski definition) is 2. The molecule has 0 saturated carbocycles. The minimum absolute atomic E-state index is 0.0130. The monoisotopic (exact) mass is 686 g/mol. The third kappa shape index (κ3) is 6.37. The van der Waals surface area contributed by atoms with Gasteiger partial charge in [0.15, 0.2) is 0 Å². The quantitative estimate of drug-likeness (QED) is 0.285. The van der Waals surface area contributed by atoms with Gasteiger partial charge in [0.1, 0.15) is 23.9 Å². The summed E-state index contributed by atoms with van der Waals surface area (Å²) in [6, 6.07) is 6.57. The van der Waals surface area contributed by atoms with Crippen LogP contribution in [0.2, 0.25) is 0 Å². The lowest BCUT2D eigenvalue weighted by Crippen LogP contribution is -2.54. The number of benzene rings is 2. The van der Waals surface area contributed by atoms with Gasteiger partial charge < -0.3 is 15.0 Å². The lowest BCUT2D eigenvalue weighted by molar-refractivity contribution is -0.138. The second-order valence-corrected chi connectivity index (χ2v) is 12.4. The number of halogens is 3. The summed E-state index contributed by atoms with van der Waals surface area (Å²) in [7, 11) is 0. The van der Waals surface area contributed by atoms with E-state index in [9.17, 15) is 37.1 Å². The lowest BCUT2D eigenvalue weighted by atomic mass is 9.98. The van der Waals surface area contributed by atoms with Crippen molar-refractivity contribution in [2.45, 2.75) is 44.4 Å². The fraction of sp³-hybridized carbons (Fsp3) is 0.314. The second kappa shape index (κ2) is 12.7. The number of carbonyl (C=O) groups excluding carboxylic acids is 5. The minimum Gasteiger partial charge on any atom is -0.479 e. The van der Waals surface area contributed by atoms with Crippen molar-refractivity contribution in [2.75, 3.05) is 29.9 Å². The Morgan fingerprint density at radius 2 is 1.82 bits per heavy atom. The fourth-order valence-electron chi connectivity index (χ4n) is 5.73. The molecule has 50 heavy (non-hydrogen) atoms. The summed E-state index contributed by atoms with van der Waals surface area (Å²) in [6.45, 7) is 3.96. The number of rotatable bonds is 7. The molecule has 0 spiro atoms. The van der Waals surface area contributed by atoms with Crippen LogP contribution in [0.4, 0.5) is 24.5 Å². The minimum atomic E-state index is -4.62. The van der Waals surface area contributed by atoms with Gasteiger partial charge in [0.25, 0.3) is 17.7 Å². The van der Waals surface area contributed by atoms with Crippen LogP contribution >= 0.6 is 0 Å². The SMILES string of the molecule is C#CCOc1cc(C(F)(F)F)ccc1NC(=O)C(C)(C)n1cc(C#CC2CN(c3ccc4c(c3)C(=O)N(C3CCC(=O)NC3=O)C4=O)C2)cn1. The van der Waals surface area contributed by atoms with Crippen LogP contribution in [0.3, 0.4) is 0 Å². The molecule has 2 aromatic carbocycles. The molecule has 0 aliphatic carbocycles. The van der Waals surface area contributed by atoms with Crippen LogP contribution in [0.1, 0.15) is 58.5 Å². The average Bonchev–Trinajstić information content (AvgIpc) is 3.62. The Kier molecular flexibility index (Phi) is 8.61. The summed E-state index contributed by atoms with van der Waals surface area (Å²) in [6.07, 6.45) is 3.77. The number of nitrogens with one attached hydrogen (secondary N) is 2. The molecule has 2 fully saturated rings. The van der Waals surface area contributed by atoms with Crippen molar-refractivity contribution in [1.82, 2.24) is 20.0 Å². The number of terminal acetylenes is 1. The third-order valence-electron chi connectivity index (χ3n) is 8.67. The zero-order valence-electron chi connectivity index (χ0n) is 26.8. The molecule has 5 amide bonds. The van der Waals surface area contributed by atoms with E-state index in [0.717, 1.165) is 28.8 Å². The van der Waals surface area contributed by atoms with Gasteiger partial charge in [-0.15, -0.1) is 6.42 Å². The summed E-state index contributed by atoms with van der Waals surface area (Å²) in [5.74, 6) is 5.32. The number of carbonyl (C=O) groups is 5. The van der Waals surface area contributed by atoms with E-state index >= 15 is 0 Å². The molecule has 1 atom stereocenters. The molecule has 0 bridgehead atoms. The number of anilines is 2. The predicted octanol–water partition coefficient (Wildman–Crippen LogP) is 3.18. The fourth-order valence-corrected chi connectivity index (χ4v) is 5.73. The summed E-state index contributed by atoms with van der Waals surface area (Å²) in [5.41, 5.74) is -0.574. The van der Waals surface area contributed by atoms with E-state index < -0.39 is 52.9 Å². The highest BCUT2D eigenvalue weighted by molar-refractivity contribution is 6.23. The van der Waals surface area contributed by atoms with Gasteiger partial charge in [0.05, 0.1) is 40.1 Å². The maximum absolute atomic E-state index is 13.3. The number of piperidine rings is 1. The van der Waals surface area contributed by atoms with E-state index in [1.165, 1.54) is 10.9 Å². The lowest BCUT2D eigenvalue weighted by Gasteiger charge is -2.38. The molecular weight excluding hydrogens is 657 g/mol. The first kappa shape index (κ1) is 33.8. The van der Waals surface area contributed by atoms with Crippen LogP contribution < -0.4 is 20.3 Å². The summed E-state index contributed by atoms with van der Waals surface area (Å²) in [5, 5.41) is 9.06. The van der Waals surface area contributed by atoms with E-state index in [4.69, 9.17) is 11.2 Å². The van der Waals surface area contributed by atoms with Crippen molar-refractivity contribution in [3.8, 4) is 29.9 Å². The Morgan fingerprint density at radius 1 is 1.08 bits per heavy atom. The van der Waals surface area contributed by atoms with Gasteiger partial charge in [-0.05, 0) is 56.7 Å². The Balaban J connectivity index is 1.08. The van der Waals surface area contributed by atoms with Crippen molar-refractivity contribution in [1.29, 1.82) is 0 Å². The van der Waals surface area contributed by atoms with Crippen LogP contribution in [0.5, 0.6) is 5.75 Å². The van der Waals surface area contributed by atoms with E-state index in [2.05, 4.69) is 33.5 Å². The number of aromatic nitrogens is 2. The number of imide groups is 2. The third-order valence-corrected chi connectivity index (χ3v) is 8.67. The highest BCUT2D eigenvalue weighted by Gasteiger charge is 2.45. The summed E-state index contributed by atoms with van der Waals surface area (Å²) >= 11 is 0. The molecule has 15 heteroatoms. The van der Waals surface area contributed by atoms with Crippen LogP contribution in [-0.2, 0) is 26.1 Å². The van der Waals surface area contributed by atoms with Crippen LogP contribution in [0.15, 0.2) is 48.8 Å². The van der Waals surface area contributed by atoms with Gasteiger partial charge in [-0.25, -0.2) is 0 Å². The molecule has 2 saturated heterocycles. The molecule has 12 nitrogen and oxygen atoms in total. The van der Waals surface area contributed by atoms with Gasteiger partial charge in [0, 0.05) is 31.4 Å². The van der Waals surface area contributed by atoms with E-state index in [-0.39, 0.29) is 47.9 Å². The van der Waals surface area contributed by atoms with E-state index in [1.54, 1.807) is 38.2 Å². The molecule has 4 heterocycles. The highest BCUT2D eigenvalue weighted by Crippen LogP contribution is 2.36. The van der Waals surface area contributed by atoms with Crippen molar-refractivity contribution < 1.29 is 41.9 Å². The smallest absolute Gasteiger partial charge is 0.416 e. The van der Waals surface area contributed by atoms with Gasteiger partial charge in [-0.2, -0.15) is 18.3 Å². The van der Waals surface area contributed by atoms with Gasteiger partial charge >= 0.3 is 6.18 Å². The molecule has 6 rings (SSSR count). The first-order valence-corrected chi connectivity index (χ1v) is 15.4. The predicted molar refractivity (Wildman–Crippen MR) is 172 cm³/mol. The maximum atomic E-state index is 13.3. The first-order valence-electron chi connectivity index (χ1n) is 15.4. The van der Waals surface area contributed by atoms with Crippen molar-refractivity contribution in [2.24, 2.45) is 5.92 Å². The Morgan fingerprint density at radius 3 is 2.52 bits per heavy atom. The largest absolute Gasteiger partial charge is 0.479 e. The topological polar surface area (TPSA) is 143 Å². The molecule has 3 aromatic rings. The van der Waals surface area contributed by atoms with Gasteiger partial charge in [-0.1, -0.05) is 17.8 Å². The normalized spacial score (nSPS) is 17.7. The van der Waals surface area contributed by atoms with Crippen molar-refractivity contribution >= 4 is 40.9 Å². The van der Waals surface area contributed by atoms with Gasteiger partial charge in [0.2, 0.25) is 11.8 Å². The molecule has 1 aromatic heterocycles. The molecule has 3 aliphatic heterocycles. The van der Waals surface area contributed by atoms with Crippen molar-refractivity contribution in [3.05, 3.63) is 71.0 Å². The number of hydrogen-bond acceptors (Lipinski definition) is 8. The maximum Gasteiger partial charge on any atom is 0.416 e. The second-order valence-electron chi connectivity index (χ2n) is 12.4. The number of amides is 5. The summed E-state index contributed by atoms with van der Waals surface area (Å²) in [4.78, 5) is 66.2. The number of ether oxygens (including phenoxy) is 1. The standard InChI is InChI=1S/C35H29F3N6O6/c1-4-13-50-28-14-22(35(36,37)38)7-10-26(28)40-33(49)34(2,3)43-19-20(16-39-43)5-6-21-17-42(18-21)23-8-9-24-25(15-23)32(48)44(31(24)47)27-11-12-29(45)41-30(27)46/h1,7-10,14-16,19,21,27H,11-13,17-18H2,2-3H3,(H,40,49)(H,41,45,46). The number of alkyl halides is 3. The zero-order chi connectivity index (χ0) is 36.0. The summed E-state index contributed by atoms with van der Waals surface area (Å²) < 4.78 is 46.4. The average molecular weight is 687 g/mol. The van der Waals surface area contributed by atoms with E-state index in [1.807, 2.05) is 4.90 Å². The molecule has 2 N–H and O–H groups in total. The Labute approximate surface area is 283 Å². The highest BCUT2D eigenvalue weighted by atomic mass is 19.4. The number of fused-ring (bicyclic) bond motifs is 1. The number of nitrogens with zero attached hydrogens (tertiary/aromatic N) is 4. The molecular formula is C35H29F3N6O6. The Hall–Kier alpha value is -6.09. The van der Waals surface area contributed by atoms with E-state index in [0.29, 0.717) is 18.7 Å². The molecule has 0 radical (unpaired) electrons. The molecule has 256 valence electrons. The van der Waals surface area contributed by atoms with Gasteiger partial charge in [-0.3, -0.25) is 38.9 Å². The molecule has 1 unspecified atom stereocenters. The van der Waals surface area contributed by atoms with Crippen LogP contribution in [-0.4, -0.2) is 70.0 Å². The molecule has 3 aliphatic rings. The zero-order valence-corrected chi connectivity index (χ0v) is 26.8. The first-order chi connectivity index (χ1) is 23.7. The van der Waals surface area contributed by atoms with Crippen LogP contribution in [0.25, 0.3) is 0 Å². The Bertz CT molecular complexity index is 2050.